The van der Waals surface area contributed by atoms with E-state index in [9.17, 15) is 9.59 Å². The van der Waals surface area contributed by atoms with Gasteiger partial charge in [0.2, 0.25) is 11.8 Å². The second kappa shape index (κ2) is 9.65. The molecular formula is C24H28I2N2O2. The number of hydrogen-bond acceptors (Lipinski definition) is 2. The first-order valence-electron chi connectivity index (χ1n) is 10.4. The molecule has 2 aliphatic rings. The largest absolute Gasteiger partial charge is 1.00 e. The molecule has 0 saturated carbocycles. The van der Waals surface area contributed by atoms with Crippen LogP contribution in [0.2, 0.25) is 0 Å². The summed E-state index contributed by atoms with van der Waals surface area (Å²) in [4.78, 5) is 25.0. The Balaban J connectivity index is 0.00000256. The lowest BCUT2D eigenvalue weighted by atomic mass is 9.62. The number of quaternary nitrogens is 1. The van der Waals surface area contributed by atoms with E-state index in [0.29, 0.717) is 12.8 Å². The normalized spacial score (nSPS) is 29.1. The minimum Gasteiger partial charge on any atom is -1.00 e. The predicted molar refractivity (Wildman–Crippen MR) is 122 cm³/mol. The Hall–Kier alpha value is -1.000. The lowest BCUT2D eigenvalue weighted by molar-refractivity contribution is -0.928. The predicted octanol–water partition coefficient (Wildman–Crippen LogP) is 1.03. The number of rotatable bonds is 4. The van der Waals surface area contributed by atoms with Crippen molar-refractivity contribution in [2.24, 2.45) is 5.92 Å². The fourth-order valence-corrected chi connectivity index (χ4v) is 5.59. The maximum Gasteiger partial charge on any atom is 0.237 e. The fourth-order valence-electron chi connectivity index (χ4n) is 5.23. The average Bonchev–Trinajstić information content (AvgIpc) is 2.72. The lowest BCUT2D eigenvalue weighted by Crippen LogP contribution is -3.00. The fraction of sp³-hybridized carbons (Fsp3) is 0.417. The van der Waals surface area contributed by atoms with Crippen LogP contribution in [-0.2, 0) is 21.5 Å². The van der Waals surface area contributed by atoms with Crippen molar-refractivity contribution >= 4 is 34.4 Å². The third kappa shape index (κ3) is 4.75. The zero-order valence-electron chi connectivity index (χ0n) is 17.2. The van der Waals surface area contributed by atoms with Crippen LogP contribution < -0.4 is 29.3 Å². The van der Waals surface area contributed by atoms with Crippen molar-refractivity contribution in [1.82, 2.24) is 5.32 Å². The van der Waals surface area contributed by atoms with Crippen LogP contribution in [0.15, 0.2) is 54.6 Å². The van der Waals surface area contributed by atoms with Crippen molar-refractivity contribution in [3.05, 3.63) is 69.3 Å². The number of halogens is 2. The van der Waals surface area contributed by atoms with Crippen LogP contribution in [-0.4, -0.2) is 36.4 Å². The number of benzene rings is 2. The van der Waals surface area contributed by atoms with E-state index >= 15 is 0 Å². The molecule has 1 unspecified atom stereocenters. The standard InChI is InChI=1S/C24H27IN2O2.HI/c1-27(17-18-7-9-21(25)10-8-18)15-12-20(13-16-27)24(19-5-3-2-4-6-19)14-11-22(28)26-23(24)29;/h2-10,20H,11-17H2,1H3;1H. The minimum atomic E-state index is -0.580. The Kier molecular flexibility index (Phi) is 7.61. The third-order valence-corrected chi connectivity index (χ3v) is 7.62. The summed E-state index contributed by atoms with van der Waals surface area (Å²) >= 11 is 2.34. The summed E-state index contributed by atoms with van der Waals surface area (Å²) in [6, 6.07) is 18.9. The molecule has 0 aliphatic carbocycles. The number of hydrogen-bond donors (Lipinski definition) is 1. The smallest absolute Gasteiger partial charge is 0.237 e. The Morgan fingerprint density at radius 1 is 1.03 bits per heavy atom. The van der Waals surface area contributed by atoms with Gasteiger partial charge in [-0.25, -0.2) is 0 Å². The highest BCUT2D eigenvalue weighted by molar-refractivity contribution is 14.1. The number of nitrogens with one attached hydrogen (secondary N) is 1. The van der Waals surface area contributed by atoms with Gasteiger partial charge in [0.1, 0.15) is 6.54 Å². The molecule has 0 radical (unpaired) electrons. The van der Waals surface area contributed by atoms with E-state index in [1.165, 1.54) is 9.13 Å². The third-order valence-electron chi connectivity index (χ3n) is 6.90. The Morgan fingerprint density at radius 2 is 1.67 bits per heavy atom. The van der Waals surface area contributed by atoms with Gasteiger partial charge in [0, 0.05) is 28.4 Å². The van der Waals surface area contributed by atoms with Crippen LogP contribution in [0, 0.1) is 9.49 Å². The van der Waals surface area contributed by atoms with E-state index in [0.717, 1.165) is 42.5 Å². The molecule has 30 heavy (non-hydrogen) atoms. The Morgan fingerprint density at radius 3 is 2.27 bits per heavy atom. The van der Waals surface area contributed by atoms with Gasteiger partial charge in [0.25, 0.3) is 0 Å². The van der Waals surface area contributed by atoms with Crippen LogP contribution in [0.3, 0.4) is 0 Å². The maximum absolute atomic E-state index is 13.2. The van der Waals surface area contributed by atoms with Crippen molar-refractivity contribution in [1.29, 1.82) is 0 Å². The summed E-state index contributed by atoms with van der Waals surface area (Å²) in [5.41, 5.74) is 1.84. The van der Waals surface area contributed by atoms with Crippen LogP contribution in [0.25, 0.3) is 0 Å². The quantitative estimate of drug-likeness (QED) is 0.312. The molecule has 2 aromatic rings. The van der Waals surface area contributed by atoms with Crippen LogP contribution in [0.5, 0.6) is 0 Å². The highest BCUT2D eigenvalue weighted by Crippen LogP contribution is 2.45. The first-order chi connectivity index (χ1) is 13.9. The molecule has 2 heterocycles. The molecule has 2 saturated heterocycles. The van der Waals surface area contributed by atoms with Crippen molar-refractivity contribution in [3.63, 3.8) is 0 Å². The van der Waals surface area contributed by atoms with Gasteiger partial charge < -0.3 is 28.5 Å². The van der Waals surface area contributed by atoms with Crippen LogP contribution >= 0.6 is 22.6 Å². The summed E-state index contributed by atoms with van der Waals surface area (Å²) < 4.78 is 2.26. The van der Waals surface area contributed by atoms with Gasteiger partial charge in [0.15, 0.2) is 0 Å². The molecule has 6 heteroatoms. The number of carbonyl (C=O) groups excluding carboxylic acids is 2. The molecular weight excluding hydrogens is 602 g/mol. The summed E-state index contributed by atoms with van der Waals surface area (Å²) in [5, 5.41) is 2.65. The molecule has 2 aliphatic heterocycles. The monoisotopic (exact) mass is 630 g/mol. The lowest BCUT2D eigenvalue weighted by Gasteiger charge is -2.48. The van der Waals surface area contributed by atoms with Gasteiger partial charge in [-0.3, -0.25) is 14.9 Å². The molecule has 4 rings (SSSR count). The number of carbonyl (C=O) groups is 2. The van der Waals surface area contributed by atoms with E-state index in [2.05, 4.69) is 71.4 Å². The molecule has 4 nitrogen and oxygen atoms in total. The number of piperidine rings is 2. The highest BCUT2D eigenvalue weighted by Gasteiger charge is 2.51. The van der Waals surface area contributed by atoms with Crippen molar-refractivity contribution < 1.29 is 38.0 Å². The molecule has 0 spiro atoms. The van der Waals surface area contributed by atoms with E-state index < -0.39 is 5.41 Å². The topological polar surface area (TPSA) is 46.2 Å². The van der Waals surface area contributed by atoms with Gasteiger partial charge >= 0.3 is 0 Å². The Labute approximate surface area is 209 Å². The van der Waals surface area contributed by atoms with Gasteiger partial charge in [-0.1, -0.05) is 42.5 Å². The van der Waals surface area contributed by atoms with Gasteiger partial charge in [0.05, 0.1) is 25.6 Å². The second-order valence-corrected chi connectivity index (χ2v) is 10.1. The van der Waals surface area contributed by atoms with Gasteiger partial charge in [-0.2, -0.15) is 0 Å². The molecule has 1 N–H and O–H groups in total. The van der Waals surface area contributed by atoms with Gasteiger partial charge in [-0.05, 0) is 52.6 Å². The number of nitrogens with zero attached hydrogens (tertiary/aromatic N) is 1. The van der Waals surface area contributed by atoms with E-state index in [1.807, 2.05) is 18.2 Å². The number of amides is 2. The summed E-state index contributed by atoms with van der Waals surface area (Å²) in [6.07, 6.45) is 3.04. The minimum absolute atomic E-state index is 0. The van der Waals surface area contributed by atoms with E-state index in [-0.39, 0.29) is 41.7 Å². The first kappa shape index (κ1) is 23.7. The Bertz CT molecular complexity index is 893. The molecule has 0 bridgehead atoms. The number of imide groups is 1. The van der Waals surface area contributed by atoms with Crippen LogP contribution in [0.4, 0.5) is 0 Å². The maximum atomic E-state index is 13.2. The molecule has 160 valence electrons. The van der Waals surface area contributed by atoms with Gasteiger partial charge in [-0.15, -0.1) is 0 Å². The highest BCUT2D eigenvalue weighted by atomic mass is 127. The summed E-state index contributed by atoms with van der Waals surface area (Å²) in [5.74, 6) is 0.0244. The van der Waals surface area contributed by atoms with Crippen molar-refractivity contribution in [2.45, 2.75) is 37.6 Å². The van der Waals surface area contributed by atoms with E-state index in [4.69, 9.17) is 0 Å². The number of likely N-dealkylation sites (tertiary alicyclic amines) is 1. The zero-order valence-corrected chi connectivity index (χ0v) is 21.6. The summed E-state index contributed by atoms with van der Waals surface area (Å²) in [7, 11) is 2.33. The van der Waals surface area contributed by atoms with Crippen molar-refractivity contribution in [3.8, 4) is 0 Å². The summed E-state index contributed by atoms with van der Waals surface area (Å²) in [6.45, 7) is 3.12. The molecule has 0 aromatic heterocycles. The SMILES string of the molecule is C[N+]1(Cc2ccc(I)cc2)CCC(C2(c3ccccc3)CCC(=O)NC2=O)CC1.[I-]. The van der Waals surface area contributed by atoms with Crippen molar-refractivity contribution in [2.75, 3.05) is 20.1 Å². The van der Waals surface area contributed by atoms with E-state index in [1.54, 1.807) is 0 Å². The molecule has 2 aromatic carbocycles. The average molecular weight is 630 g/mol. The molecule has 2 amide bonds. The van der Waals surface area contributed by atoms with Crippen LogP contribution in [0.1, 0.15) is 36.8 Å². The molecule has 2 fully saturated rings. The second-order valence-electron chi connectivity index (χ2n) is 8.84. The first-order valence-corrected chi connectivity index (χ1v) is 11.5. The zero-order chi connectivity index (χ0) is 20.5. The molecule has 1 atom stereocenters.